The molecule has 0 spiro atoms. The summed E-state index contributed by atoms with van der Waals surface area (Å²) in [7, 11) is 1.62. The van der Waals surface area contributed by atoms with Gasteiger partial charge >= 0.3 is 0 Å². The standard InChI is InChI=1S/C22H30N6O4/c1-16-23-24-25-28(16)20(15-17-4-3-5-19(14-17)31-2)22(30)26-8-6-18(7-9-26)21(29)27-10-12-32-13-11-27/h3-5,14,18,20H,6-13,15H2,1-2H3/t20-/m0/s1. The first-order valence-corrected chi connectivity index (χ1v) is 11.1. The molecule has 1 atom stereocenters. The van der Waals surface area contributed by atoms with E-state index in [1.807, 2.05) is 34.1 Å². The van der Waals surface area contributed by atoms with Crippen LogP contribution in [0.1, 0.15) is 30.3 Å². The average molecular weight is 443 g/mol. The van der Waals surface area contributed by atoms with Crippen molar-refractivity contribution in [3.8, 4) is 5.75 Å². The Kier molecular flexibility index (Phi) is 6.99. The summed E-state index contributed by atoms with van der Waals surface area (Å²) in [5, 5.41) is 11.8. The van der Waals surface area contributed by atoms with Gasteiger partial charge in [-0.05, 0) is 47.9 Å². The molecule has 1 aromatic carbocycles. The highest BCUT2D eigenvalue weighted by molar-refractivity contribution is 5.82. The van der Waals surface area contributed by atoms with E-state index in [4.69, 9.17) is 9.47 Å². The minimum atomic E-state index is -0.552. The van der Waals surface area contributed by atoms with E-state index >= 15 is 0 Å². The number of hydrogen-bond acceptors (Lipinski definition) is 7. The Hall–Kier alpha value is -3.01. The van der Waals surface area contributed by atoms with Crippen molar-refractivity contribution in [1.29, 1.82) is 0 Å². The van der Waals surface area contributed by atoms with E-state index < -0.39 is 6.04 Å². The van der Waals surface area contributed by atoms with Crippen molar-refractivity contribution < 1.29 is 19.1 Å². The predicted octanol–water partition coefficient (Wildman–Crippen LogP) is 0.871. The maximum atomic E-state index is 13.6. The molecule has 0 unspecified atom stereocenters. The second-order valence-corrected chi connectivity index (χ2v) is 8.28. The molecule has 2 fully saturated rings. The molecular formula is C22H30N6O4. The highest BCUT2D eigenvalue weighted by Crippen LogP contribution is 2.25. The Labute approximate surface area is 187 Å². The van der Waals surface area contributed by atoms with Crippen molar-refractivity contribution in [2.45, 2.75) is 32.2 Å². The zero-order chi connectivity index (χ0) is 22.5. The Morgan fingerprint density at radius 3 is 2.56 bits per heavy atom. The maximum absolute atomic E-state index is 13.6. The lowest BCUT2D eigenvalue weighted by Crippen LogP contribution is -2.49. The van der Waals surface area contributed by atoms with E-state index in [-0.39, 0.29) is 17.7 Å². The number of morpholine rings is 1. The fourth-order valence-electron chi connectivity index (χ4n) is 4.43. The molecular weight excluding hydrogens is 412 g/mol. The second kappa shape index (κ2) is 10.1. The van der Waals surface area contributed by atoms with Gasteiger partial charge in [0.15, 0.2) is 0 Å². The third-order valence-corrected chi connectivity index (χ3v) is 6.28. The Morgan fingerprint density at radius 1 is 1.16 bits per heavy atom. The molecule has 10 nitrogen and oxygen atoms in total. The molecule has 1 aromatic heterocycles. The van der Waals surface area contributed by atoms with Crippen molar-refractivity contribution >= 4 is 11.8 Å². The van der Waals surface area contributed by atoms with Gasteiger partial charge < -0.3 is 19.3 Å². The molecule has 2 aromatic rings. The summed E-state index contributed by atoms with van der Waals surface area (Å²) in [4.78, 5) is 30.1. The third kappa shape index (κ3) is 4.90. The van der Waals surface area contributed by atoms with Crippen LogP contribution < -0.4 is 4.74 Å². The van der Waals surface area contributed by atoms with Crippen LogP contribution in [-0.4, -0.2) is 88.3 Å². The summed E-state index contributed by atoms with van der Waals surface area (Å²) >= 11 is 0. The highest BCUT2D eigenvalue weighted by Gasteiger charge is 2.34. The van der Waals surface area contributed by atoms with Gasteiger partial charge in [-0.25, -0.2) is 4.68 Å². The van der Waals surface area contributed by atoms with Crippen LogP contribution in [0, 0.1) is 12.8 Å². The van der Waals surface area contributed by atoms with E-state index in [1.165, 1.54) is 0 Å². The highest BCUT2D eigenvalue weighted by atomic mass is 16.5. The Balaban J connectivity index is 1.44. The van der Waals surface area contributed by atoms with Crippen LogP contribution in [-0.2, 0) is 20.7 Å². The number of carbonyl (C=O) groups excluding carboxylic acids is 2. The van der Waals surface area contributed by atoms with Gasteiger partial charge in [0.1, 0.15) is 17.6 Å². The molecule has 2 aliphatic heterocycles. The fraction of sp³-hybridized carbons (Fsp3) is 0.591. The lowest BCUT2D eigenvalue weighted by Gasteiger charge is -2.36. The summed E-state index contributed by atoms with van der Waals surface area (Å²) in [6.45, 7) is 5.39. The number of amides is 2. The van der Waals surface area contributed by atoms with Crippen LogP contribution >= 0.6 is 0 Å². The van der Waals surface area contributed by atoms with Gasteiger partial charge in [0.25, 0.3) is 0 Å². The van der Waals surface area contributed by atoms with E-state index in [2.05, 4.69) is 15.5 Å². The van der Waals surface area contributed by atoms with Crippen LogP contribution in [0.2, 0.25) is 0 Å². The van der Waals surface area contributed by atoms with Crippen molar-refractivity contribution in [2.24, 2.45) is 5.92 Å². The predicted molar refractivity (Wildman–Crippen MR) is 115 cm³/mol. The van der Waals surface area contributed by atoms with Gasteiger partial charge in [-0.3, -0.25) is 9.59 Å². The summed E-state index contributed by atoms with van der Waals surface area (Å²) in [5.41, 5.74) is 0.968. The minimum Gasteiger partial charge on any atom is -0.497 e. The number of aromatic nitrogens is 4. The lowest BCUT2D eigenvalue weighted by molar-refractivity contribution is -0.144. The van der Waals surface area contributed by atoms with Gasteiger partial charge in [0.05, 0.1) is 20.3 Å². The lowest BCUT2D eigenvalue weighted by atomic mass is 9.94. The quantitative estimate of drug-likeness (QED) is 0.654. The average Bonchev–Trinajstić information content (AvgIpc) is 3.28. The number of rotatable bonds is 6. The number of piperidine rings is 1. The number of aryl methyl sites for hydroxylation is 1. The molecule has 4 rings (SSSR count). The number of methoxy groups -OCH3 is 1. The second-order valence-electron chi connectivity index (χ2n) is 8.28. The van der Waals surface area contributed by atoms with Crippen molar-refractivity contribution in [1.82, 2.24) is 30.0 Å². The first kappa shape index (κ1) is 22.2. The molecule has 0 aliphatic carbocycles. The summed E-state index contributed by atoms with van der Waals surface area (Å²) in [6, 6.07) is 7.12. The van der Waals surface area contributed by atoms with Crippen molar-refractivity contribution in [3.63, 3.8) is 0 Å². The van der Waals surface area contributed by atoms with Gasteiger partial charge in [0, 0.05) is 38.5 Å². The van der Waals surface area contributed by atoms with Crippen LogP contribution in [0.4, 0.5) is 0 Å². The molecule has 2 aliphatic rings. The number of tetrazole rings is 1. The van der Waals surface area contributed by atoms with Crippen LogP contribution in [0.25, 0.3) is 0 Å². The molecule has 2 saturated heterocycles. The topological polar surface area (TPSA) is 103 Å². The van der Waals surface area contributed by atoms with Crippen LogP contribution in [0.15, 0.2) is 24.3 Å². The van der Waals surface area contributed by atoms with Crippen molar-refractivity contribution in [3.05, 3.63) is 35.7 Å². The molecule has 0 bridgehead atoms. The van der Waals surface area contributed by atoms with E-state index in [1.54, 1.807) is 18.7 Å². The number of nitrogens with zero attached hydrogens (tertiary/aromatic N) is 6. The van der Waals surface area contributed by atoms with Crippen molar-refractivity contribution in [2.75, 3.05) is 46.5 Å². The summed E-state index contributed by atoms with van der Waals surface area (Å²) in [6.07, 6.45) is 1.79. The molecule has 3 heterocycles. The molecule has 32 heavy (non-hydrogen) atoms. The number of hydrogen-bond donors (Lipinski definition) is 0. The molecule has 0 radical (unpaired) electrons. The summed E-state index contributed by atoms with van der Waals surface area (Å²) < 4.78 is 12.3. The van der Waals surface area contributed by atoms with Crippen LogP contribution in [0.5, 0.6) is 5.75 Å². The largest absolute Gasteiger partial charge is 0.497 e. The van der Waals surface area contributed by atoms with E-state index in [9.17, 15) is 9.59 Å². The first-order chi connectivity index (χ1) is 15.6. The number of ether oxygens (including phenoxy) is 2. The van der Waals surface area contributed by atoms with E-state index in [0.717, 1.165) is 11.3 Å². The first-order valence-electron chi connectivity index (χ1n) is 11.1. The Bertz CT molecular complexity index is 934. The fourth-order valence-corrected chi connectivity index (χ4v) is 4.43. The maximum Gasteiger partial charge on any atom is 0.247 e. The van der Waals surface area contributed by atoms with Gasteiger partial charge in [-0.1, -0.05) is 12.1 Å². The number of likely N-dealkylation sites (tertiary alicyclic amines) is 1. The monoisotopic (exact) mass is 442 g/mol. The van der Waals surface area contributed by atoms with E-state index in [0.29, 0.717) is 64.5 Å². The molecule has 0 saturated carbocycles. The minimum absolute atomic E-state index is 0.0273. The normalized spacial score (nSPS) is 18.4. The SMILES string of the molecule is COc1cccc(C[C@@H](C(=O)N2CCC(C(=O)N3CCOCC3)CC2)n2nnnc2C)c1. The zero-order valence-electron chi connectivity index (χ0n) is 18.6. The van der Waals surface area contributed by atoms with Gasteiger partial charge in [0.2, 0.25) is 11.8 Å². The summed E-state index contributed by atoms with van der Waals surface area (Å²) in [5.74, 6) is 1.45. The third-order valence-electron chi connectivity index (χ3n) is 6.28. The number of benzene rings is 1. The number of carbonyl (C=O) groups is 2. The van der Waals surface area contributed by atoms with Gasteiger partial charge in [-0.2, -0.15) is 0 Å². The zero-order valence-corrected chi connectivity index (χ0v) is 18.6. The molecule has 10 heteroatoms. The Morgan fingerprint density at radius 2 is 1.91 bits per heavy atom. The van der Waals surface area contributed by atoms with Gasteiger partial charge in [-0.15, -0.1) is 5.10 Å². The van der Waals surface area contributed by atoms with Crippen LogP contribution in [0.3, 0.4) is 0 Å². The smallest absolute Gasteiger partial charge is 0.247 e. The molecule has 2 amide bonds. The molecule has 0 N–H and O–H groups in total. The molecule has 172 valence electrons.